The third kappa shape index (κ3) is 8.08. The summed E-state index contributed by atoms with van der Waals surface area (Å²) < 4.78 is 0. The summed E-state index contributed by atoms with van der Waals surface area (Å²) in [7, 11) is 0. The quantitative estimate of drug-likeness (QED) is 0.519. The van der Waals surface area contributed by atoms with Crippen LogP contribution in [0.4, 0.5) is 0 Å². The van der Waals surface area contributed by atoms with Crippen molar-refractivity contribution in [2.45, 2.75) is 57.9 Å². The maximum atomic E-state index is 13.2. The number of allylic oxidation sites excluding steroid dienone is 1. The van der Waals surface area contributed by atoms with Gasteiger partial charge in [-0.2, -0.15) is 11.8 Å². The maximum absolute atomic E-state index is 13.2. The number of carbonyl (C=O) groups excluding carboxylic acids is 1. The van der Waals surface area contributed by atoms with Crippen LogP contribution in [-0.4, -0.2) is 35.0 Å². The van der Waals surface area contributed by atoms with E-state index in [1.54, 1.807) is 11.8 Å². The molecular formula is C28H35LiNO3S+. The van der Waals surface area contributed by atoms with E-state index in [0.29, 0.717) is 17.7 Å². The van der Waals surface area contributed by atoms with Crippen molar-refractivity contribution in [2.24, 2.45) is 5.92 Å². The molecule has 0 spiro atoms. The second-order valence-electron chi connectivity index (χ2n) is 8.91. The van der Waals surface area contributed by atoms with E-state index in [2.05, 4.69) is 17.5 Å². The Morgan fingerprint density at radius 3 is 2.53 bits per heavy atom. The van der Waals surface area contributed by atoms with E-state index in [4.69, 9.17) is 0 Å². The Morgan fingerprint density at radius 1 is 1.12 bits per heavy atom. The zero-order valence-electron chi connectivity index (χ0n) is 20.7. The minimum absolute atomic E-state index is 0. The van der Waals surface area contributed by atoms with E-state index in [-0.39, 0.29) is 24.8 Å². The predicted molar refractivity (Wildman–Crippen MR) is 139 cm³/mol. The first-order chi connectivity index (χ1) is 16.0. The van der Waals surface area contributed by atoms with Gasteiger partial charge in [0.1, 0.15) is 6.04 Å². The summed E-state index contributed by atoms with van der Waals surface area (Å²) in [6, 6.07) is 12.9. The number of thioether (sulfide) groups is 1. The summed E-state index contributed by atoms with van der Waals surface area (Å²) in [5.74, 6) is 0.105. The van der Waals surface area contributed by atoms with Crippen molar-refractivity contribution in [1.29, 1.82) is 0 Å². The molecule has 0 aliphatic heterocycles. The van der Waals surface area contributed by atoms with Crippen molar-refractivity contribution >= 4 is 29.7 Å². The zero-order valence-corrected chi connectivity index (χ0v) is 21.5. The van der Waals surface area contributed by atoms with Gasteiger partial charge in [-0.3, -0.25) is 4.79 Å². The molecule has 0 aromatic heterocycles. The molecule has 0 radical (unpaired) electrons. The molecule has 6 heteroatoms. The summed E-state index contributed by atoms with van der Waals surface area (Å²) in [5.41, 5.74) is 4.45. The Balaban J connectivity index is 0.00000408. The second kappa shape index (κ2) is 14.5. The standard InChI is InChI=1S/C28H35NO3S.Li/c1-20-9-6-7-14-23(20)25-19-22(13-8-12-21-10-4-3-5-11-21)15-16-24(25)27(30)29-26(28(31)32)17-18-33-2;/h6-9,13-16,19,21,26H,3-5,10-12,17-18H2,1-2H3,(H,29,30)(H,31,32);/q;+1/b13-8+;. The van der Waals surface area contributed by atoms with Crippen LogP contribution in [0.3, 0.4) is 0 Å². The van der Waals surface area contributed by atoms with Crippen LogP contribution < -0.4 is 24.2 Å². The van der Waals surface area contributed by atoms with Crippen molar-refractivity contribution in [3.63, 3.8) is 0 Å². The van der Waals surface area contributed by atoms with Crippen LogP contribution in [0.2, 0.25) is 0 Å². The van der Waals surface area contributed by atoms with Gasteiger partial charge >= 0.3 is 24.8 Å². The van der Waals surface area contributed by atoms with Gasteiger partial charge in [-0.15, -0.1) is 0 Å². The summed E-state index contributed by atoms with van der Waals surface area (Å²) in [6.45, 7) is 2.03. The molecule has 3 rings (SSSR count). The third-order valence-corrected chi connectivity index (χ3v) is 7.09. The van der Waals surface area contributed by atoms with Crippen LogP contribution in [0.15, 0.2) is 48.5 Å². The van der Waals surface area contributed by atoms with E-state index in [0.717, 1.165) is 34.6 Å². The molecule has 34 heavy (non-hydrogen) atoms. The van der Waals surface area contributed by atoms with Gasteiger partial charge in [0, 0.05) is 5.56 Å². The fourth-order valence-corrected chi connectivity index (χ4v) is 4.98. The van der Waals surface area contributed by atoms with E-state index in [1.807, 2.05) is 55.6 Å². The number of carboxylic acid groups (broad SMARTS) is 1. The molecule has 1 aliphatic carbocycles. The van der Waals surface area contributed by atoms with Crippen LogP contribution in [0.5, 0.6) is 0 Å². The summed E-state index contributed by atoms with van der Waals surface area (Å²) in [6.07, 6.45) is 14.5. The molecule has 176 valence electrons. The van der Waals surface area contributed by atoms with Gasteiger partial charge in [-0.1, -0.05) is 74.6 Å². The first kappa shape index (κ1) is 28.3. The van der Waals surface area contributed by atoms with Gasteiger partial charge in [-0.05, 0) is 72.1 Å². The molecule has 0 saturated heterocycles. The van der Waals surface area contributed by atoms with Gasteiger partial charge in [-0.25, -0.2) is 4.79 Å². The van der Waals surface area contributed by atoms with Crippen LogP contribution >= 0.6 is 11.8 Å². The number of hydrogen-bond donors (Lipinski definition) is 2. The normalized spacial score (nSPS) is 15.0. The number of benzene rings is 2. The number of rotatable bonds is 10. The number of nitrogens with one attached hydrogen (secondary N) is 1. The minimum Gasteiger partial charge on any atom is -0.480 e. The zero-order chi connectivity index (χ0) is 23.6. The number of carboxylic acids is 1. The number of carbonyl (C=O) groups is 2. The van der Waals surface area contributed by atoms with Crippen molar-refractivity contribution in [2.75, 3.05) is 12.0 Å². The van der Waals surface area contributed by atoms with Crippen LogP contribution in [0.1, 0.15) is 66.4 Å². The van der Waals surface area contributed by atoms with Crippen molar-refractivity contribution in [1.82, 2.24) is 5.32 Å². The molecule has 4 nitrogen and oxygen atoms in total. The molecule has 0 bridgehead atoms. The Labute approximate surface area is 220 Å². The number of amides is 1. The van der Waals surface area contributed by atoms with Crippen molar-refractivity contribution in [3.8, 4) is 11.1 Å². The Hall–Kier alpha value is -1.93. The largest absolute Gasteiger partial charge is 1.00 e. The maximum Gasteiger partial charge on any atom is 1.00 e. The van der Waals surface area contributed by atoms with Crippen LogP contribution in [0.25, 0.3) is 17.2 Å². The van der Waals surface area contributed by atoms with Gasteiger partial charge < -0.3 is 10.4 Å². The SMILES string of the molecule is CSCCC(NC(=O)c1ccc(/C=C/CC2CCCCC2)cc1-c1ccccc1C)C(=O)O.[Li+]. The molecule has 1 amide bonds. The molecule has 2 N–H and O–H groups in total. The van der Waals surface area contributed by atoms with E-state index >= 15 is 0 Å². The second-order valence-corrected chi connectivity index (χ2v) is 9.89. The van der Waals surface area contributed by atoms with Crippen molar-refractivity contribution in [3.05, 3.63) is 65.2 Å². The van der Waals surface area contributed by atoms with Gasteiger partial charge in [0.15, 0.2) is 0 Å². The molecule has 1 atom stereocenters. The molecule has 1 unspecified atom stereocenters. The molecule has 1 fully saturated rings. The summed E-state index contributed by atoms with van der Waals surface area (Å²) in [4.78, 5) is 24.8. The van der Waals surface area contributed by atoms with Gasteiger partial charge in [0.25, 0.3) is 5.91 Å². The Kier molecular flexibility index (Phi) is 12.0. The molecule has 0 heterocycles. The molecular weight excluding hydrogens is 437 g/mol. The fraction of sp³-hybridized carbons (Fsp3) is 0.429. The van der Waals surface area contributed by atoms with Gasteiger partial charge in [0.2, 0.25) is 0 Å². The van der Waals surface area contributed by atoms with E-state index in [9.17, 15) is 14.7 Å². The van der Waals surface area contributed by atoms with Gasteiger partial charge in [0.05, 0.1) is 0 Å². The van der Waals surface area contributed by atoms with Crippen LogP contribution in [0, 0.1) is 12.8 Å². The summed E-state index contributed by atoms with van der Waals surface area (Å²) >= 11 is 1.57. The van der Waals surface area contributed by atoms with E-state index < -0.39 is 12.0 Å². The Morgan fingerprint density at radius 2 is 1.85 bits per heavy atom. The fourth-order valence-electron chi connectivity index (χ4n) is 4.51. The third-order valence-electron chi connectivity index (χ3n) is 6.44. The average Bonchev–Trinajstić information content (AvgIpc) is 2.82. The topological polar surface area (TPSA) is 66.4 Å². The summed E-state index contributed by atoms with van der Waals surface area (Å²) in [5, 5.41) is 12.3. The number of aryl methyl sites for hydroxylation is 1. The number of aliphatic carboxylic acids is 1. The first-order valence-electron chi connectivity index (χ1n) is 11.9. The first-order valence-corrected chi connectivity index (χ1v) is 13.3. The van der Waals surface area contributed by atoms with Crippen LogP contribution in [-0.2, 0) is 4.79 Å². The molecule has 2 aromatic carbocycles. The Bertz CT molecular complexity index is 985. The predicted octanol–water partition coefficient (Wildman–Crippen LogP) is 3.59. The minimum atomic E-state index is -1.00. The van der Waals surface area contributed by atoms with Crippen molar-refractivity contribution < 1.29 is 33.6 Å². The molecule has 2 aromatic rings. The molecule has 1 saturated carbocycles. The molecule has 1 aliphatic rings. The smallest absolute Gasteiger partial charge is 0.480 e. The monoisotopic (exact) mass is 472 g/mol. The van der Waals surface area contributed by atoms with E-state index in [1.165, 1.54) is 32.1 Å². The number of hydrogen-bond acceptors (Lipinski definition) is 3. The average molecular weight is 473 g/mol.